The van der Waals surface area contributed by atoms with Gasteiger partial charge in [0, 0.05) is 18.8 Å². The van der Waals surface area contributed by atoms with Crippen molar-refractivity contribution in [2.75, 3.05) is 11.9 Å². The third-order valence-electron chi connectivity index (χ3n) is 6.44. The largest absolute Gasteiger partial charge is 0.494 e. The summed E-state index contributed by atoms with van der Waals surface area (Å²) in [7, 11) is 0. The maximum atomic E-state index is 13.4. The number of pyridine rings is 1. The van der Waals surface area contributed by atoms with Gasteiger partial charge in [-0.1, -0.05) is 17.3 Å². The predicted octanol–water partition coefficient (Wildman–Crippen LogP) is 4.83. The molecule has 0 bridgehead atoms. The fourth-order valence-corrected chi connectivity index (χ4v) is 4.49. The maximum Gasteiger partial charge on any atom is 0.255 e. The van der Waals surface area contributed by atoms with E-state index >= 15 is 0 Å². The van der Waals surface area contributed by atoms with Crippen molar-refractivity contribution in [2.24, 2.45) is 5.18 Å². The van der Waals surface area contributed by atoms with Crippen LogP contribution in [0, 0.1) is 4.91 Å². The minimum Gasteiger partial charge on any atom is -0.494 e. The first-order valence-electron chi connectivity index (χ1n) is 12.0. The molecular formula is C25H32N6O3. The van der Waals surface area contributed by atoms with Crippen LogP contribution in [0.25, 0.3) is 11.0 Å². The van der Waals surface area contributed by atoms with E-state index in [9.17, 15) is 9.70 Å². The molecule has 0 saturated heterocycles. The average molecular weight is 465 g/mol. The molecule has 9 heteroatoms. The number of anilines is 1. The van der Waals surface area contributed by atoms with E-state index < -0.39 is 0 Å². The number of benzene rings is 1. The molecule has 1 saturated carbocycles. The van der Waals surface area contributed by atoms with Gasteiger partial charge in [0.15, 0.2) is 5.65 Å². The van der Waals surface area contributed by atoms with Gasteiger partial charge >= 0.3 is 0 Å². The van der Waals surface area contributed by atoms with Crippen LogP contribution in [0.1, 0.15) is 68.4 Å². The molecule has 2 aromatic heterocycles. The molecule has 1 aliphatic carbocycles. The van der Waals surface area contributed by atoms with Crippen molar-refractivity contribution in [1.29, 1.82) is 0 Å². The fourth-order valence-electron chi connectivity index (χ4n) is 4.49. The Bertz CT molecular complexity index is 1140. The lowest BCUT2D eigenvalue weighted by atomic mass is 9.91. The van der Waals surface area contributed by atoms with Crippen LogP contribution >= 0.6 is 0 Å². The van der Waals surface area contributed by atoms with Gasteiger partial charge < -0.3 is 15.4 Å². The van der Waals surface area contributed by atoms with Gasteiger partial charge in [-0.3, -0.25) is 4.79 Å². The van der Waals surface area contributed by atoms with E-state index in [1.807, 2.05) is 49.7 Å². The number of aromatic nitrogens is 3. The van der Waals surface area contributed by atoms with Gasteiger partial charge in [0.25, 0.3) is 5.91 Å². The number of nitrogens with one attached hydrogen (secondary N) is 2. The molecule has 2 N–H and O–H groups in total. The van der Waals surface area contributed by atoms with Crippen molar-refractivity contribution in [1.82, 2.24) is 20.1 Å². The number of nitrogens with zero attached hydrogens (tertiary/aromatic N) is 4. The van der Waals surface area contributed by atoms with Gasteiger partial charge in [-0.2, -0.15) is 10.0 Å². The van der Waals surface area contributed by atoms with Crippen molar-refractivity contribution in [3.05, 3.63) is 52.7 Å². The highest BCUT2D eigenvalue weighted by atomic mass is 16.5. The topological polar surface area (TPSA) is 110 Å². The summed E-state index contributed by atoms with van der Waals surface area (Å²) < 4.78 is 7.33. The number of fused-ring (bicyclic) bond motifs is 1. The first kappa shape index (κ1) is 23.7. The molecule has 1 aliphatic rings. The molecule has 180 valence electrons. The first-order valence-corrected chi connectivity index (χ1v) is 12.0. The Hall–Kier alpha value is -3.49. The maximum absolute atomic E-state index is 13.4. The highest BCUT2D eigenvalue weighted by Gasteiger charge is 2.25. The van der Waals surface area contributed by atoms with Crippen LogP contribution in [-0.2, 0) is 6.54 Å². The lowest BCUT2D eigenvalue weighted by molar-refractivity contribution is 0.0940. The van der Waals surface area contributed by atoms with E-state index in [2.05, 4.69) is 25.9 Å². The lowest BCUT2D eigenvalue weighted by Gasteiger charge is -2.27. The fraction of sp³-hybridized carbons (Fsp3) is 0.480. The van der Waals surface area contributed by atoms with Gasteiger partial charge in [0.1, 0.15) is 5.75 Å². The summed E-state index contributed by atoms with van der Waals surface area (Å²) in [4.78, 5) is 28.8. The molecule has 4 rings (SSSR count). The van der Waals surface area contributed by atoms with Crippen LogP contribution in [0.4, 0.5) is 5.69 Å². The van der Waals surface area contributed by atoms with Crippen molar-refractivity contribution >= 4 is 22.6 Å². The number of ether oxygens (including phenoxy) is 1. The first-order chi connectivity index (χ1) is 16.5. The Morgan fingerprint density at radius 2 is 1.91 bits per heavy atom. The molecule has 1 unspecified atom stereocenters. The third kappa shape index (κ3) is 5.03. The van der Waals surface area contributed by atoms with E-state index in [1.54, 1.807) is 12.4 Å². The van der Waals surface area contributed by atoms with E-state index in [0.29, 0.717) is 18.7 Å². The Morgan fingerprint density at radius 3 is 2.56 bits per heavy atom. The zero-order chi connectivity index (χ0) is 24.1. The monoisotopic (exact) mass is 464 g/mol. The molecule has 34 heavy (non-hydrogen) atoms. The van der Waals surface area contributed by atoms with E-state index in [4.69, 9.17) is 4.74 Å². The number of carbonyl (C=O) groups is 1. The summed E-state index contributed by atoms with van der Waals surface area (Å²) in [6.45, 7) is 7.21. The smallest absolute Gasteiger partial charge is 0.255 e. The standard InChI is InChI=1S/C25H32N6O3/c1-4-31-24-21(15-27-31)23(29-18-8-10-19(30-33)11-9-18)22(14-26-24)25(32)28-16(3)17-6-12-20(13-7-17)34-5-2/h6-7,12-16,18-19H,4-5,8-11H2,1-3H3,(H,26,29)(H,28,32). The SMILES string of the molecule is CCOc1ccc(C(C)NC(=O)c2cnc3c(cnn3CC)c2NC2CCC(N=O)CC2)cc1. The Morgan fingerprint density at radius 1 is 1.18 bits per heavy atom. The molecule has 0 radical (unpaired) electrons. The minimum absolute atomic E-state index is 0.115. The minimum atomic E-state index is -0.203. The Labute approximate surface area is 199 Å². The molecule has 0 aliphatic heterocycles. The summed E-state index contributed by atoms with van der Waals surface area (Å²) in [5, 5.41) is 15.1. The van der Waals surface area contributed by atoms with Crippen LogP contribution in [0.2, 0.25) is 0 Å². The van der Waals surface area contributed by atoms with E-state index in [-0.39, 0.29) is 24.0 Å². The molecule has 3 aromatic rings. The number of nitroso groups, excluding NO2 is 1. The van der Waals surface area contributed by atoms with Crippen molar-refractivity contribution in [3.63, 3.8) is 0 Å². The molecule has 1 amide bonds. The van der Waals surface area contributed by atoms with Crippen LogP contribution in [-0.4, -0.2) is 39.4 Å². The molecule has 0 spiro atoms. The van der Waals surface area contributed by atoms with Crippen LogP contribution < -0.4 is 15.4 Å². The molecule has 1 fully saturated rings. The van der Waals surface area contributed by atoms with Crippen molar-refractivity contribution < 1.29 is 9.53 Å². The van der Waals surface area contributed by atoms with Crippen LogP contribution in [0.15, 0.2) is 41.8 Å². The second-order valence-electron chi connectivity index (χ2n) is 8.70. The van der Waals surface area contributed by atoms with Gasteiger partial charge in [-0.25, -0.2) is 9.67 Å². The van der Waals surface area contributed by atoms with E-state index in [0.717, 1.165) is 53.7 Å². The predicted molar refractivity (Wildman–Crippen MR) is 132 cm³/mol. The second-order valence-corrected chi connectivity index (χ2v) is 8.70. The summed E-state index contributed by atoms with van der Waals surface area (Å²) in [5.74, 6) is 0.601. The van der Waals surface area contributed by atoms with Crippen LogP contribution in [0.5, 0.6) is 5.75 Å². The average Bonchev–Trinajstić information content (AvgIpc) is 3.29. The number of rotatable bonds is 9. The van der Waals surface area contributed by atoms with Gasteiger partial charge in [0.05, 0.1) is 41.5 Å². The number of amides is 1. The van der Waals surface area contributed by atoms with Gasteiger partial charge in [0.2, 0.25) is 0 Å². The highest BCUT2D eigenvalue weighted by molar-refractivity contribution is 6.06. The molecular weight excluding hydrogens is 432 g/mol. The summed E-state index contributed by atoms with van der Waals surface area (Å²) in [5.41, 5.74) is 2.95. The number of aryl methyl sites for hydroxylation is 1. The molecule has 1 atom stereocenters. The number of carbonyl (C=O) groups excluding carboxylic acids is 1. The number of hydrogen-bond acceptors (Lipinski definition) is 7. The van der Waals surface area contributed by atoms with Gasteiger partial charge in [-0.15, -0.1) is 0 Å². The third-order valence-corrected chi connectivity index (χ3v) is 6.44. The van der Waals surface area contributed by atoms with Crippen molar-refractivity contribution in [2.45, 2.75) is 71.1 Å². The second kappa shape index (κ2) is 10.6. The van der Waals surface area contributed by atoms with Crippen molar-refractivity contribution in [3.8, 4) is 5.75 Å². The summed E-state index contributed by atoms with van der Waals surface area (Å²) in [6, 6.07) is 7.58. The highest BCUT2D eigenvalue weighted by Crippen LogP contribution is 2.31. The molecule has 9 nitrogen and oxygen atoms in total. The van der Waals surface area contributed by atoms with Gasteiger partial charge in [-0.05, 0) is 64.2 Å². The number of hydrogen-bond donors (Lipinski definition) is 2. The molecule has 2 heterocycles. The zero-order valence-electron chi connectivity index (χ0n) is 20.0. The Balaban J connectivity index is 1.58. The molecule has 1 aromatic carbocycles. The van der Waals surface area contributed by atoms with E-state index in [1.165, 1.54) is 0 Å². The normalized spacial score (nSPS) is 18.9. The summed E-state index contributed by atoms with van der Waals surface area (Å²) >= 11 is 0. The summed E-state index contributed by atoms with van der Waals surface area (Å²) in [6.07, 6.45) is 6.54. The van der Waals surface area contributed by atoms with Crippen LogP contribution in [0.3, 0.4) is 0 Å². The quantitative estimate of drug-likeness (QED) is 0.439. The Kier molecular flexibility index (Phi) is 7.40. The lowest BCUT2D eigenvalue weighted by Crippen LogP contribution is -2.31. The zero-order valence-corrected chi connectivity index (χ0v) is 20.0.